The van der Waals surface area contributed by atoms with Crippen molar-refractivity contribution < 1.29 is 17.9 Å². The van der Waals surface area contributed by atoms with Crippen LogP contribution in [0.5, 0.6) is 5.75 Å². The van der Waals surface area contributed by atoms with E-state index in [4.69, 9.17) is 4.74 Å². The fourth-order valence-electron chi connectivity index (χ4n) is 2.61. The van der Waals surface area contributed by atoms with Crippen LogP contribution in [0.4, 0.5) is 0 Å². The molecule has 1 amide bonds. The molecule has 0 radical (unpaired) electrons. The Kier molecular flexibility index (Phi) is 5.06. The lowest BCUT2D eigenvalue weighted by Gasteiger charge is -2.12. The van der Waals surface area contributed by atoms with Crippen molar-refractivity contribution in [3.63, 3.8) is 0 Å². The van der Waals surface area contributed by atoms with Crippen LogP contribution in [-0.4, -0.2) is 33.5 Å². The highest BCUT2D eigenvalue weighted by molar-refractivity contribution is 7.89. The highest BCUT2D eigenvalue weighted by Crippen LogP contribution is 2.27. The van der Waals surface area contributed by atoms with Gasteiger partial charge in [0.15, 0.2) is 6.10 Å². The Bertz CT molecular complexity index is 838. The van der Waals surface area contributed by atoms with Crippen LogP contribution in [0.25, 0.3) is 0 Å². The Labute approximate surface area is 147 Å². The molecule has 0 spiro atoms. The monoisotopic (exact) mass is 360 g/mol. The first kappa shape index (κ1) is 17.4. The lowest BCUT2D eigenvalue weighted by atomic mass is 10.1. The number of sulfonamides is 1. The molecule has 0 saturated carbocycles. The van der Waals surface area contributed by atoms with Crippen molar-refractivity contribution in [1.29, 1.82) is 0 Å². The second-order valence-electron chi connectivity index (χ2n) is 5.92. The van der Waals surface area contributed by atoms with Gasteiger partial charge >= 0.3 is 0 Å². The van der Waals surface area contributed by atoms with Crippen molar-refractivity contribution in [2.45, 2.75) is 24.3 Å². The summed E-state index contributed by atoms with van der Waals surface area (Å²) in [6.07, 6.45) is -0.0389. The molecule has 0 aromatic heterocycles. The summed E-state index contributed by atoms with van der Waals surface area (Å²) in [7, 11) is -3.57. The molecule has 132 valence electrons. The second-order valence-corrected chi connectivity index (χ2v) is 7.69. The number of aryl methyl sites for hydroxylation is 1. The molecular weight excluding hydrogens is 340 g/mol. The zero-order valence-electron chi connectivity index (χ0n) is 13.9. The molecule has 1 heterocycles. The maximum atomic E-state index is 12.1. The van der Waals surface area contributed by atoms with Gasteiger partial charge in [0.1, 0.15) is 5.75 Å². The van der Waals surface area contributed by atoms with Gasteiger partial charge in [-0.1, -0.05) is 35.9 Å². The molecule has 0 bridgehead atoms. The average molecular weight is 360 g/mol. The van der Waals surface area contributed by atoms with Gasteiger partial charge in [-0.2, -0.15) is 0 Å². The summed E-state index contributed by atoms with van der Waals surface area (Å²) in [4.78, 5) is 12.3. The van der Waals surface area contributed by atoms with Gasteiger partial charge in [-0.05, 0) is 30.7 Å². The van der Waals surface area contributed by atoms with Gasteiger partial charge < -0.3 is 10.1 Å². The van der Waals surface area contributed by atoms with E-state index in [2.05, 4.69) is 10.0 Å². The van der Waals surface area contributed by atoms with Gasteiger partial charge in [0, 0.05) is 19.5 Å². The summed E-state index contributed by atoms with van der Waals surface area (Å²) in [5.41, 5.74) is 1.99. The summed E-state index contributed by atoms with van der Waals surface area (Å²) in [6.45, 7) is 2.20. The van der Waals surface area contributed by atoms with Crippen molar-refractivity contribution in [1.82, 2.24) is 10.0 Å². The molecule has 2 aromatic rings. The lowest BCUT2D eigenvalue weighted by Crippen LogP contribution is -2.41. The molecule has 1 atom stereocenters. The first-order chi connectivity index (χ1) is 12.0. The van der Waals surface area contributed by atoms with Crippen LogP contribution in [0.3, 0.4) is 0 Å². The topological polar surface area (TPSA) is 84.5 Å². The number of nitrogens with one attached hydrogen (secondary N) is 2. The first-order valence-corrected chi connectivity index (χ1v) is 9.52. The number of benzene rings is 2. The summed E-state index contributed by atoms with van der Waals surface area (Å²) in [5.74, 6) is 0.480. The molecular formula is C18H20N2O4S. The predicted octanol–water partition coefficient (Wildman–Crippen LogP) is 1.39. The quantitative estimate of drug-likeness (QED) is 0.763. The lowest BCUT2D eigenvalue weighted by molar-refractivity contribution is -0.127. The smallest absolute Gasteiger partial charge is 0.261 e. The number of amides is 1. The molecule has 0 saturated heterocycles. The molecule has 6 nitrogen and oxygen atoms in total. The van der Waals surface area contributed by atoms with E-state index in [0.29, 0.717) is 6.42 Å². The van der Waals surface area contributed by atoms with Crippen LogP contribution in [0.1, 0.15) is 11.1 Å². The number of para-hydroxylation sites is 1. The van der Waals surface area contributed by atoms with E-state index in [1.807, 2.05) is 31.2 Å². The molecule has 0 fully saturated rings. The van der Waals surface area contributed by atoms with Crippen LogP contribution in [-0.2, 0) is 21.2 Å². The normalized spacial score (nSPS) is 16.1. The summed E-state index contributed by atoms with van der Waals surface area (Å²) in [6, 6.07) is 14.1. The van der Waals surface area contributed by atoms with Gasteiger partial charge in [-0.15, -0.1) is 0 Å². The molecule has 1 aliphatic heterocycles. The third-order valence-corrected chi connectivity index (χ3v) is 5.46. The molecule has 25 heavy (non-hydrogen) atoms. The minimum atomic E-state index is -3.57. The van der Waals surface area contributed by atoms with Crippen molar-refractivity contribution in [3.8, 4) is 5.75 Å². The van der Waals surface area contributed by atoms with E-state index < -0.39 is 16.1 Å². The Morgan fingerprint density at radius 1 is 1.12 bits per heavy atom. The summed E-state index contributed by atoms with van der Waals surface area (Å²) < 4.78 is 32.4. The maximum absolute atomic E-state index is 12.1. The third-order valence-electron chi connectivity index (χ3n) is 3.99. The SMILES string of the molecule is Cc1ccc(S(=O)(=O)NCCNC(=O)[C@H]2Cc3ccccc3O2)cc1. The number of ether oxygens (including phenoxy) is 1. The molecule has 2 N–H and O–H groups in total. The number of carbonyl (C=O) groups is 1. The zero-order chi connectivity index (χ0) is 17.9. The van der Waals surface area contributed by atoms with Crippen molar-refractivity contribution in [3.05, 3.63) is 59.7 Å². The Morgan fingerprint density at radius 2 is 1.84 bits per heavy atom. The molecule has 7 heteroatoms. The average Bonchev–Trinajstić information content (AvgIpc) is 3.03. The van der Waals surface area contributed by atoms with E-state index in [1.54, 1.807) is 24.3 Å². The fourth-order valence-corrected chi connectivity index (χ4v) is 3.65. The van der Waals surface area contributed by atoms with Gasteiger partial charge in [-0.3, -0.25) is 4.79 Å². The molecule has 2 aromatic carbocycles. The summed E-state index contributed by atoms with van der Waals surface area (Å²) >= 11 is 0. The number of fused-ring (bicyclic) bond motifs is 1. The zero-order valence-corrected chi connectivity index (χ0v) is 14.7. The van der Waals surface area contributed by atoms with E-state index >= 15 is 0 Å². The fraction of sp³-hybridized carbons (Fsp3) is 0.278. The van der Waals surface area contributed by atoms with Crippen LogP contribution in [0.2, 0.25) is 0 Å². The molecule has 0 unspecified atom stereocenters. The highest BCUT2D eigenvalue weighted by Gasteiger charge is 2.28. The van der Waals surface area contributed by atoms with E-state index in [1.165, 1.54) is 0 Å². The largest absolute Gasteiger partial charge is 0.480 e. The third kappa shape index (κ3) is 4.18. The molecule has 1 aliphatic rings. The van der Waals surface area contributed by atoms with E-state index in [-0.39, 0.29) is 23.9 Å². The number of rotatable bonds is 6. The van der Waals surface area contributed by atoms with Gasteiger partial charge in [0.25, 0.3) is 5.91 Å². The Morgan fingerprint density at radius 3 is 2.56 bits per heavy atom. The van der Waals surface area contributed by atoms with Gasteiger partial charge in [0.2, 0.25) is 10.0 Å². The number of hydrogen-bond acceptors (Lipinski definition) is 4. The van der Waals surface area contributed by atoms with Crippen LogP contribution in [0, 0.1) is 6.92 Å². The minimum Gasteiger partial charge on any atom is -0.480 e. The standard InChI is InChI=1S/C18H20N2O4S/c1-13-6-8-15(9-7-13)25(22,23)20-11-10-19-18(21)17-12-14-4-2-3-5-16(14)24-17/h2-9,17,20H,10-12H2,1H3,(H,19,21)/t17-/m1/s1. The number of carbonyl (C=O) groups excluding carboxylic acids is 1. The van der Waals surface area contributed by atoms with Gasteiger partial charge in [0.05, 0.1) is 4.90 Å². The van der Waals surface area contributed by atoms with Crippen molar-refractivity contribution >= 4 is 15.9 Å². The Hall–Kier alpha value is -2.38. The minimum absolute atomic E-state index is 0.113. The van der Waals surface area contributed by atoms with Crippen LogP contribution >= 0.6 is 0 Å². The maximum Gasteiger partial charge on any atom is 0.261 e. The number of hydrogen-bond donors (Lipinski definition) is 2. The van der Waals surface area contributed by atoms with E-state index in [9.17, 15) is 13.2 Å². The van der Waals surface area contributed by atoms with Crippen LogP contribution < -0.4 is 14.8 Å². The highest BCUT2D eigenvalue weighted by atomic mass is 32.2. The molecule has 0 aliphatic carbocycles. The van der Waals surface area contributed by atoms with Gasteiger partial charge in [-0.25, -0.2) is 13.1 Å². The molecule has 3 rings (SSSR count). The van der Waals surface area contributed by atoms with Crippen molar-refractivity contribution in [2.24, 2.45) is 0 Å². The van der Waals surface area contributed by atoms with Crippen LogP contribution in [0.15, 0.2) is 53.4 Å². The Balaban J connectivity index is 1.46. The predicted molar refractivity (Wildman–Crippen MR) is 93.9 cm³/mol. The van der Waals surface area contributed by atoms with Crippen molar-refractivity contribution in [2.75, 3.05) is 13.1 Å². The first-order valence-electron chi connectivity index (χ1n) is 8.04. The summed E-state index contributed by atoms with van der Waals surface area (Å²) in [5, 5.41) is 2.70. The second kappa shape index (κ2) is 7.25. The van der Waals surface area contributed by atoms with E-state index in [0.717, 1.165) is 16.9 Å².